The van der Waals surface area contributed by atoms with Crippen LogP contribution in [0.5, 0.6) is 5.75 Å². The van der Waals surface area contributed by atoms with Gasteiger partial charge in [-0.3, -0.25) is 0 Å². The molecule has 0 amide bonds. The lowest BCUT2D eigenvalue weighted by molar-refractivity contribution is 0.414. The molecule has 2 N–H and O–H groups in total. The summed E-state index contributed by atoms with van der Waals surface area (Å²) in [4.78, 5) is 3.37. The Hall–Kier alpha value is -1.25. The Balaban J connectivity index is 3.27. The number of rotatable bonds is 1. The summed E-state index contributed by atoms with van der Waals surface area (Å²) in [5, 5.41) is 0. The third-order valence-corrected chi connectivity index (χ3v) is 0.689. The Bertz CT molecular complexity index is 364. The molecule has 0 aliphatic carbocycles. The number of nitrogens with two attached hydrogens (primary N) is 1. The number of hydrogen-bond donors (Lipinski definition) is 1. The number of anilines is 1. The van der Waals surface area contributed by atoms with E-state index in [2.05, 4.69) is 9.72 Å². The molecular weight excluding hydrogens is 116 g/mol. The Morgan fingerprint density at radius 1 is 2.00 bits per heavy atom. The predicted molar refractivity (Wildman–Crippen MR) is 35.2 cm³/mol. The minimum atomic E-state index is -2.79. The van der Waals surface area contributed by atoms with E-state index < -0.39 is 31.0 Å². The third kappa shape index (κ3) is 1.32. The van der Waals surface area contributed by atoms with Gasteiger partial charge in [-0.25, -0.2) is 4.98 Å². The van der Waals surface area contributed by atoms with Gasteiger partial charge in [0.15, 0.2) is 0 Å². The average Bonchev–Trinajstić information content (AvgIpc) is 2.08. The molecule has 0 radical (unpaired) electrons. The number of ether oxygens (including phenoxy) is 1. The van der Waals surface area contributed by atoms with Crippen LogP contribution < -0.4 is 10.5 Å². The van der Waals surface area contributed by atoms with Gasteiger partial charge < -0.3 is 10.5 Å². The molecule has 0 aromatic carbocycles. The minimum Gasteiger partial charge on any atom is -0.497 e. The molecule has 1 heterocycles. The van der Waals surface area contributed by atoms with E-state index in [9.17, 15) is 0 Å². The van der Waals surface area contributed by atoms with Gasteiger partial charge in [0.2, 0.25) is 0 Å². The molecule has 0 fully saturated rings. The van der Waals surface area contributed by atoms with Crippen molar-refractivity contribution >= 4 is 5.82 Å². The lowest BCUT2D eigenvalue weighted by Gasteiger charge is -1.97. The second-order valence-corrected chi connectivity index (χ2v) is 1.29. The Labute approximate surface area is 61.9 Å². The molecular formula is C6H8N2O. The molecule has 48 valence electrons. The van der Waals surface area contributed by atoms with Crippen molar-refractivity contribution in [3.05, 3.63) is 18.3 Å². The van der Waals surface area contributed by atoms with Gasteiger partial charge >= 0.3 is 0 Å². The summed E-state index contributed by atoms with van der Waals surface area (Å²) in [5.41, 5.74) is 5.24. The van der Waals surface area contributed by atoms with Crippen LogP contribution in [0.25, 0.3) is 0 Å². The summed E-state index contributed by atoms with van der Waals surface area (Å²) in [6.45, 7) is 0. The first-order chi connectivity index (χ1) is 6.72. The fraction of sp³-hybridized carbons (Fsp3) is 0.167. The molecule has 0 spiro atoms. The maximum absolute atomic E-state index is 7.35. The monoisotopic (exact) mass is 130 g/mol. The van der Waals surface area contributed by atoms with E-state index in [-0.39, 0.29) is 5.82 Å². The van der Waals surface area contributed by atoms with E-state index in [1.807, 2.05) is 0 Å². The summed E-state index contributed by atoms with van der Waals surface area (Å²) in [7, 11) is -2.79. The molecule has 1 aromatic heterocycles. The number of methoxy groups -OCH3 is 1. The van der Waals surface area contributed by atoms with Crippen molar-refractivity contribution in [3.63, 3.8) is 0 Å². The minimum absolute atomic E-state index is 0.338. The van der Waals surface area contributed by atoms with Gasteiger partial charge in [0.25, 0.3) is 0 Å². The Morgan fingerprint density at radius 2 is 2.89 bits per heavy atom. The number of pyridine rings is 1. The van der Waals surface area contributed by atoms with Crippen LogP contribution in [-0.4, -0.2) is 12.0 Å². The van der Waals surface area contributed by atoms with Crippen LogP contribution in [0.4, 0.5) is 5.82 Å². The van der Waals surface area contributed by atoms with Crippen molar-refractivity contribution in [2.45, 2.75) is 0 Å². The van der Waals surface area contributed by atoms with Gasteiger partial charge in [-0.15, -0.1) is 0 Å². The highest BCUT2D eigenvalue weighted by molar-refractivity contribution is 5.35. The van der Waals surface area contributed by atoms with Gasteiger partial charge in [0.05, 0.1) is 15.3 Å². The summed E-state index contributed by atoms with van der Waals surface area (Å²) in [6.07, 6.45) is -0.525. The molecule has 3 heteroatoms. The summed E-state index contributed by atoms with van der Waals surface area (Å²) >= 11 is 0. The number of nitrogen functional groups attached to an aromatic ring is 1. The van der Waals surface area contributed by atoms with Crippen LogP contribution in [0.15, 0.2) is 18.3 Å². The molecule has 1 rings (SSSR count). The van der Waals surface area contributed by atoms with E-state index in [4.69, 9.17) is 14.0 Å². The van der Waals surface area contributed by atoms with E-state index >= 15 is 0 Å². The van der Waals surface area contributed by atoms with Crippen molar-refractivity contribution < 1.29 is 13.0 Å². The molecule has 0 aliphatic rings. The summed E-state index contributed by atoms with van der Waals surface area (Å²) in [6, 6.07) is -1.06. The summed E-state index contributed by atoms with van der Waals surface area (Å²) < 4.78 is 46.7. The zero-order valence-corrected chi connectivity index (χ0v) is 4.43. The van der Waals surface area contributed by atoms with Crippen molar-refractivity contribution in [2.24, 2.45) is 0 Å². The third-order valence-electron chi connectivity index (χ3n) is 0.689. The van der Waals surface area contributed by atoms with Crippen LogP contribution in [0.3, 0.4) is 0 Å². The van der Waals surface area contributed by atoms with Gasteiger partial charge in [-0.2, -0.15) is 0 Å². The maximum Gasteiger partial charge on any atom is 0.126 e. The fourth-order valence-electron chi connectivity index (χ4n) is 0.366. The van der Waals surface area contributed by atoms with Gasteiger partial charge in [-0.05, 0) is 6.04 Å². The van der Waals surface area contributed by atoms with E-state index in [1.165, 1.54) is 0 Å². The van der Waals surface area contributed by atoms with Crippen molar-refractivity contribution in [1.29, 1.82) is 0 Å². The second kappa shape index (κ2) is 2.35. The number of aromatic nitrogens is 1. The first-order valence-corrected chi connectivity index (χ1v) is 2.14. The first-order valence-electron chi connectivity index (χ1n) is 5.14. The largest absolute Gasteiger partial charge is 0.497 e. The van der Waals surface area contributed by atoms with E-state index in [0.29, 0.717) is 0 Å². The Kier molecular flexibility index (Phi) is 0.487. The van der Waals surface area contributed by atoms with Crippen LogP contribution in [-0.2, 0) is 0 Å². The standard InChI is InChI=1S/C6H8N2O/c1-9-5-2-3-8-6(7)4-5/h2-4H,1H3,(H2,7,8)/i1D3,2D,3D,4D. The molecule has 9 heavy (non-hydrogen) atoms. The fourth-order valence-corrected chi connectivity index (χ4v) is 0.366. The highest BCUT2D eigenvalue weighted by atomic mass is 16.5. The van der Waals surface area contributed by atoms with Crippen molar-refractivity contribution in [1.82, 2.24) is 4.98 Å². The second-order valence-electron chi connectivity index (χ2n) is 1.29. The zero-order valence-electron chi connectivity index (χ0n) is 10.4. The number of nitrogens with zero attached hydrogens (tertiary/aromatic N) is 1. The molecule has 1 aromatic rings. The molecule has 0 saturated carbocycles. The van der Waals surface area contributed by atoms with Gasteiger partial charge in [-0.1, -0.05) is 0 Å². The quantitative estimate of drug-likeness (QED) is 0.608. The highest BCUT2D eigenvalue weighted by Crippen LogP contribution is 2.09. The van der Waals surface area contributed by atoms with Crippen molar-refractivity contribution in [3.8, 4) is 5.75 Å². The van der Waals surface area contributed by atoms with Crippen LogP contribution in [0.1, 0.15) is 8.22 Å². The van der Waals surface area contributed by atoms with Crippen LogP contribution in [0.2, 0.25) is 0 Å². The molecule has 0 bridgehead atoms. The lowest BCUT2D eigenvalue weighted by atomic mass is 10.4. The smallest absolute Gasteiger partial charge is 0.126 e. The van der Waals surface area contributed by atoms with Gasteiger partial charge in [0, 0.05) is 12.2 Å². The lowest BCUT2D eigenvalue weighted by Crippen LogP contribution is -1.89. The normalized spacial score (nSPS) is 20.0. The maximum atomic E-state index is 7.35. The topological polar surface area (TPSA) is 48.1 Å². The molecule has 0 atom stereocenters. The Morgan fingerprint density at radius 3 is 3.67 bits per heavy atom. The SMILES string of the molecule is [2H]c1nc(N)c([2H])c(OC([2H])([2H])[2H])c1[2H]. The first kappa shape index (κ1) is 1.87. The van der Waals surface area contributed by atoms with Gasteiger partial charge in [0.1, 0.15) is 11.6 Å². The number of hydrogen-bond acceptors (Lipinski definition) is 3. The van der Waals surface area contributed by atoms with Crippen LogP contribution in [0, 0.1) is 0 Å². The highest BCUT2D eigenvalue weighted by Gasteiger charge is 1.88. The molecule has 3 nitrogen and oxygen atoms in total. The van der Waals surface area contributed by atoms with E-state index in [0.717, 1.165) is 0 Å². The molecule has 0 aliphatic heterocycles. The molecule has 0 saturated heterocycles. The van der Waals surface area contributed by atoms with E-state index in [1.54, 1.807) is 0 Å². The summed E-state index contributed by atoms with van der Waals surface area (Å²) in [5.74, 6) is -0.886. The van der Waals surface area contributed by atoms with Crippen LogP contribution >= 0.6 is 0 Å². The average molecular weight is 130 g/mol. The predicted octanol–water partition coefficient (Wildman–Crippen LogP) is 0.672. The zero-order chi connectivity index (χ0) is 11.8. The van der Waals surface area contributed by atoms with Crippen molar-refractivity contribution in [2.75, 3.05) is 12.8 Å². The molecule has 0 unspecified atom stereocenters.